The molecular weight excluding hydrogens is 565 g/mol. The third kappa shape index (κ3) is 4.81. The van der Waals surface area contributed by atoms with Gasteiger partial charge in [0.05, 0.1) is 28.4 Å². The highest BCUT2D eigenvalue weighted by molar-refractivity contribution is 6.11. The van der Waals surface area contributed by atoms with Crippen molar-refractivity contribution >= 4 is 21.8 Å². The van der Waals surface area contributed by atoms with Crippen molar-refractivity contribution in [2.24, 2.45) is 0 Å². The zero-order valence-corrected chi connectivity index (χ0v) is 24.7. The Morgan fingerprint density at radius 2 is 1.04 bits per heavy atom. The molecule has 0 amide bonds. The zero-order chi connectivity index (χ0) is 31.0. The van der Waals surface area contributed by atoms with Crippen LogP contribution in [0.4, 0.5) is 4.39 Å². The molecule has 0 aliphatic rings. The largest absolute Gasteiger partial charge is 0.294 e. The second kappa shape index (κ2) is 11.3. The van der Waals surface area contributed by atoms with Crippen LogP contribution in [-0.4, -0.2) is 9.55 Å². The average Bonchev–Trinajstić information content (AvgIpc) is 3.45. The summed E-state index contributed by atoms with van der Waals surface area (Å²) >= 11 is 0. The van der Waals surface area contributed by atoms with Gasteiger partial charge < -0.3 is 0 Å². The van der Waals surface area contributed by atoms with Crippen molar-refractivity contribution < 1.29 is 4.39 Å². The molecule has 0 N–H and O–H groups in total. The summed E-state index contributed by atoms with van der Waals surface area (Å²) in [5.41, 5.74) is 9.88. The van der Waals surface area contributed by atoms with E-state index in [1.165, 1.54) is 6.07 Å². The normalized spacial score (nSPS) is 11.1. The Labute approximate surface area is 266 Å². The van der Waals surface area contributed by atoms with E-state index in [9.17, 15) is 5.26 Å². The number of rotatable bonds is 5. The Bertz CT molecular complexity index is 2320. The van der Waals surface area contributed by atoms with E-state index < -0.39 is 0 Å². The summed E-state index contributed by atoms with van der Waals surface area (Å²) in [7, 11) is 0. The van der Waals surface area contributed by atoms with Crippen molar-refractivity contribution in [2.45, 2.75) is 0 Å². The number of hydrogen-bond donors (Lipinski definition) is 0. The highest BCUT2D eigenvalue weighted by Gasteiger charge is 2.18. The molecule has 0 radical (unpaired) electrons. The van der Waals surface area contributed by atoms with E-state index in [1.54, 1.807) is 24.3 Å². The van der Waals surface area contributed by atoms with Crippen LogP contribution in [0, 0.1) is 17.1 Å². The fourth-order valence-electron chi connectivity index (χ4n) is 6.24. The van der Waals surface area contributed by atoms with E-state index in [-0.39, 0.29) is 5.82 Å². The summed E-state index contributed by atoms with van der Waals surface area (Å²) in [4.78, 5) is 5.18. The van der Waals surface area contributed by atoms with Crippen LogP contribution >= 0.6 is 0 Å². The van der Waals surface area contributed by atoms with Crippen molar-refractivity contribution in [1.82, 2.24) is 9.55 Å². The molecule has 3 nitrogen and oxygen atoms in total. The molecule has 0 bridgehead atoms. The molecule has 0 aliphatic carbocycles. The third-order valence-corrected chi connectivity index (χ3v) is 8.51. The Morgan fingerprint density at radius 3 is 1.61 bits per heavy atom. The molecule has 0 spiro atoms. The van der Waals surface area contributed by atoms with Gasteiger partial charge in [0.1, 0.15) is 11.6 Å². The first-order valence-electron chi connectivity index (χ1n) is 15.1. The molecule has 0 atom stereocenters. The van der Waals surface area contributed by atoms with E-state index in [1.807, 2.05) is 42.5 Å². The minimum atomic E-state index is -0.298. The number of pyridine rings is 1. The number of nitrogens with zero attached hydrogens (tertiary/aromatic N) is 3. The molecule has 8 aromatic rings. The van der Waals surface area contributed by atoms with E-state index in [4.69, 9.17) is 4.98 Å². The molecule has 0 aliphatic heterocycles. The molecule has 6 aromatic carbocycles. The minimum Gasteiger partial charge on any atom is -0.294 e. The minimum absolute atomic E-state index is 0.298. The van der Waals surface area contributed by atoms with Crippen LogP contribution < -0.4 is 0 Å². The lowest BCUT2D eigenvalue weighted by Crippen LogP contribution is -2.00. The Kier molecular flexibility index (Phi) is 6.70. The number of fused-ring (bicyclic) bond motifs is 3. The van der Waals surface area contributed by atoms with Crippen LogP contribution in [0.1, 0.15) is 5.56 Å². The molecule has 2 aromatic heterocycles. The molecule has 2 heterocycles. The predicted molar refractivity (Wildman–Crippen MR) is 185 cm³/mol. The Hall–Kier alpha value is -6.31. The van der Waals surface area contributed by atoms with Crippen LogP contribution in [0.5, 0.6) is 0 Å². The molecule has 8 rings (SSSR count). The molecule has 0 saturated carbocycles. The van der Waals surface area contributed by atoms with E-state index in [0.29, 0.717) is 22.6 Å². The van der Waals surface area contributed by atoms with Crippen molar-refractivity contribution in [3.63, 3.8) is 0 Å². The van der Waals surface area contributed by atoms with Gasteiger partial charge in [-0.15, -0.1) is 0 Å². The highest BCUT2D eigenvalue weighted by Crippen LogP contribution is 2.38. The Balaban J connectivity index is 1.42. The second-order valence-electron chi connectivity index (χ2n) is 11.3. The highest BCUT2D eigenvalue weighted by atomic mass is 19.1. The molecule has 0 unspecified atom stereocenters. The van der Waals surface area contributed by atoms with Gasteiger partial charge in [-0.05, 0) is 82.4 Å². The van der Waals surface area contributed by atoms with Gasteiger partial charge in [-0.2, -0.15) is 5.26 Å². The molecule has 0 fully saturated rings. The average molecular weight is 592 g/mol. The van der Waals surface area contributed by atoms with Crippen LogP contribution in [0.25, 0.3) is 72.3 Å². The maximum Gasteiger partial charge on any atom is 0.138 e. The molecule has 216 valence electrons. The fraction of sp³-hybridized carbons (Fsp3) is 0. The second-order valence-corrected chi connectivity index (χ2v) is 11.3. The summed E-state index contributed by atoms with van der Waals surface area (Å²) in [6.45, 7) is 0. The maximum atomic E-state index is 15.2. The lowest BCUT2D eigenvalue weighted by atomic mass is 10.0. The molecule has 0 saturated heterocycles. The fourth-order valence-corrected chi connectivity index (χ4v) is 6.24. The van der Waals surface area contributed by atoms with Crippen LogP contribution in [0.3, 0.4) is 0 Å². The van der Waals surface area contributed by atoms with Gasteiger partial charge in [-0.25, -0.2) is 9.37 Å². The number of benzene rings is 6. The number of aromatic nitrogens is 2. The molecular formula is C42H26FN3. The first-order chi connectivity index (χ1) is 22.7. The quantitative estimate of drug-likeness (QED) is 0.200. The first kappa shape index (κ1) is 27.3. The predicted octanol–water partition coefficient (Wildman–Crippen LogP) is 10.9. The monoisotopic (exact) mass is 591 g/mol. The van der Waals surface area contributed by atoms with Crippen molar-refractivity contribution in [3.05, 3.63) is 169 Å². The van der Waals surface area contributed by atoms with E-state index >= 15 is 4.39 Å². The Morgan fingerprint density at radius 1 is 0.500 bits per heavy atom. The smallest absolute Gasteiger partial charge is 0.138 e. The van der Waals surface area contributed by atoms with Gasteiger partial charge in [-0.3, -0.25) is 4.57 Å². The first-order valence-corrected chi connectivity index (χ1v) is 15.1. The summed E-state index contributed by atoms with van der Waals surface area (Å²) in [5, 5.41) is 11.6. The van der Waals surface area contributed by atoms with Gasteiger partial charge in [0.25, 0.3) is 0 Å². The maximum absolute atomic E-state index is 15.2. The molecule has 4 heteroatoms. The van der Waals surface area contributed by atoms with Gasteiger partial charge in [0.15, 0.2) is 0 Å². The topological polar surface area (TPSA) is 41.6 Å². The van der Waals surface area contributed by atoms with Crippen molar-refractivity contribution in [1.29, 1.82) is 5.26 Å². The standard InChI is InChI=1S/C42H26FN3/c43-38-14-8-7-13-35(38)34-25-39(31-17-15-28(27-44)16-18-31)45-42(26-34)46-40-21-19-32(29-9-3-1-4-10-29)23-36(40)37-24-33(20-22-41(37)46)30-11-5-2-6-12-30/h1-26H. The summed E-state index contributed by atoms with van der Waals surface area (Å²) in [6.07, 6.45) is 0. The summed E-state index contributed by atoms with van der Waals surface area (Å²) in [5.74, 6) is 0.382. The summed E-state index contributed by atoms with van der Waals surface area (Å²) in [6, 6.07) is 54.1. The van der Waals surface area contributed by atoms with Gasteiger partial charge in [0, 0.05) is 21.9 Å². The SMILES string of the molecule is N#Cc1ccc(-c2cc(-c3ccccc3F)cc(-n3c4ccc(-c5ccccc5)cc4c4cc(-c5ccccc5)ccc43)n2)cc1. The zero-order valence-electron chi connectivity index (χ0n) is 24.7. The van der Waals surface area contributed by atoms with E-state index in [0.717, 1.165) is 55.2 Å². The lowest BCUT2D eigenvalue weighted by molar-refractivity contribution is 0.631. The number of hydrogen-bond acceptors (Lipinski definition) is 2. The lowest BCUT2D eigenvalue weighted by Gasteiger charge is -2.13. The van der Waals surface area contributed by atoms with E-state index in [2.05, 4.69) is 95.6 Å². The van der Waals surface area contributed by atoms with Gasteiger partial charge in [-0.1, -0.05) is 103 Å². The van der Waals surface area contributed by atoms with Gasteiger partial charge >= 0.3 is 0 Å². The third-order valence-electron chi connectivity index (χ3n) is 8.51. The van der Waals surface area contributed by atoms with Crippen LogP contribution in [0.15, 0.2) is 158 Å². The van der Waals surface area contributed by atoms with Crippen molar-refractivity contribution in [2.75, 3.05) is 0 Å². The van der Waals surface area contributed by atoms with Crippen molar-refractivity contribution in [3.8, 4) is 56.5 Å². The number of nitriles is 1. The summed E-state index contributed by atoms with van der Waals surface area (Å²) < 4.78 is 17.4. The van der Waals surface area contributed by atoms with Crippen LogP contribution in [0.2, 0.25) is 0 Å². The number of halogens is 1. The van der Waals surface area contributed by atoms with Crippen LogP contribution in [-0.2, 0) is 0 Å². The molecule has 46 heavy (non-hydrogen) atoms. The van der Waals surface area contributed by atoms with Gasteiger partial charge in [0.2, 0.25) is 0 Å².